The molecule has 2 heterocycles. The first-order valence-corrected chi connectivity index (χ1v) is 4.66. The predicted octanol–water partition coefficient (Wildman–Crippen LogP) is -1.37. The number of aromatic nitrogens is 4. The van der Waals surface area contributed by atoms with Gasteiger partial charge in [-0.2, -0.15) is 5.10 Å². The highest BCUT2D eigenvalue weighted by Gasteiger charge is 2.06. The van der Waals surface area contributed by atoms with Gasteiger partial charge in [0, 0.05) is 6.42 Å². The number of rotatable bonds is 2. The number of hydrogen-bond acceptors (Lipinski definition) is 3. The van der Waals surface area contributed by atoms with Crippen LogP contribution >= 0.6 is 12.4 Å². The number of H-pyrrole nitrogens is 1. The Kier molecular flexibility index (Phi) is 10.4. The van der Waals surface area contributed by atoms with Gasteiger partial charge in [0.2, 0.25) is 0 Å². The van der Waals surface area contributed by atoms with Crippen LogP contribution in [0.15, 0.2) is 11.0 Å². The lowest BCUT2D eigenvalue weighted by Crippen LogP contribution is -2.14. The summed E-state index contributed by atoms with van der Waals surface area (Å²) in [6.45, 7) is 3.83. The molecule has 0 atom stereocenters. The third-order valence-corrected chi connectivity index (χ3v) is 2.06. The summed E-state index contributed by atoms with van der Waals surface area (Å²) in [6, 6.07) is 0. The molecule has 0 fully saturated rings. The third kappa shape index (κ3) is 3.77. The Hall–Kier alpha value is -1.48. The zero-order valence-electron chi connectivity index (χ0n) is 10.1. The van der Waals surface area contributed by atoms with Crippen LogP contribution in [0.25, 0.3) is 5.52 Å². The molecule has 2 aromatic rings. The Labute approximate surface area is 109 Å². The molecule has 0 bridgehead atoms. The van der Waals surface area contributed by atoms with Crippen molar-refractivity contribution in [3.63, 3.8) is 0 Å². The lowest BCUT2D eigenvalue weighted by Gasteiger charge is -1.98. The average Bonchev–Trinajstić information content (AvgIpc) is 2.49. The summed E-state index contributed by atoms with van der Waals surface area (Å²) < 4.78 is 1.62. The van der Waals surface area contributed by atoms with Crippen LogP contribution in [0.3, 0.4) is 0 Å². The fourth-order valence-corrected chi connectivity index (χ4v) is 1.45. The van der Waals surface area contributed by atoms with E-state index in [9.17, 15) is 4.79 Å². The summed E-state index contributed by atoms with van der Waals surface area (Å²) in [5, 5.41) is 4.21. The van der Waals surface area contributed by atoms with Gasteiger partial charge in [-0.25, -0.2) is 9.50 Å². The van der Waals surface area contributed by atoms with Gasteiger partial charge in [-0.05, 0) is 13.3 Å². The Morgan fingerprint density at radius 1 is 1.33 bits per heavy atom. The van der Waals surface area contributed by atoms with Gasteiger partial charge in [0.25, 0.3) is 5.56 Å². The van der Waals surface area contributed by atoms with Crippen LogP contribution < -0.4 is 5.56 Å². The standard InChI is InChI=1S/C9H12N4O.ClH.3H2O/c1-3-4-8-10-5-7-9(14)11-6(2)12-13(7)8;;;;/h5H,3-4H2,1-2H3,(H,11,12,14);1H;3*1H2. The van der Waals surface area contributed by atoms with E-state index in [0.717, 1.165) is 18.7 Å². The Bertz CT molecular complexity index is 525. The Morgan fingerprint density at radius 2 is 1.94 bits per heavy atom. The van der Waals surface area contributed by atoms with Crippen LogP contribution in [0.5, 0.6) is 0 Å². The largest absolute Gasteiger partial charge is 0.412 e. The second-order valence-electron chi connectivity index (χ2n) is 3.26. The quantitative estimate of drug-likeness (QED) is 0.721. The molecule has 2 aromatic heterocycles. The minimum absolute atomic E-state index is 0. The van der Waals surface area contributed by atoms with Crippen molar-refractivity contribution in [1.29, 1.82) is 0 Å². The normalized spacial score (nSPS) is 8.56. The highest BCUT2D eigenvalue weighted by atomic mass is 35.5. The maximum atomic E-state index is 11.5. The van der Waals surface area contributed by atoms with E-state index in [1.165, 1.54) is 0 Å². The minimum atomic E-state index is -0.132. The number of hydrogen-bond donors (Lipinski definition) is 1. The van der Waals surface area contributed by atoms with E-state index < -0.39 is 0 Å². The third-order valence-electron chi connectivity index (χ3n) is 2.06. The number of nitrogens with zero attached hydrogens (tertiary/aromatic N) is 3. The predicted molar refractivity (Wildman–Crippen MR) is 70.4 cm³/mol. The van der Waals surface area contributed by atoms with Crippen molar-refractivity contribution in [2.45, 2.75) is 26.7 Å². The van der Waals surface area contributed by atoms with Gasteiger partial charge in [0.15, 0.2) is 5.52 Å². The minimum Gasteiger partial charge on any atom is -0.412 e. The molecular formula is C9H19ClN4O4. The van der Waals surface area contributed by atoms with Crippen molar-refractivity contribution in [2.24, 2.45) is 0 Å². The highest BCUT2D eigenvalue weighted by Crippen LogP contribution is 2.02. The van der Waals surface area contributed by atoms with Crippen LogP contribution in [0, 0.1) is 6.92 Å². The maximum absolute atomic E-state index is 11.5. The molecule has 0 aliphatic heterocycles. The number of imidazole rings is 1. The van der Waals surface area contributed by atoms with E-state index in [4.69, 9.17) is 0 Å². The van der Waals surface area contributed by atoms with Gasteiger partial charge < -0.3 is 21.4 Å². The summed E-state index contributed by atoms with van der Waals surface area (Å²) in [5.74, 6) is 1.45. The first-order chi connectivity index (χ1) is 6.72. The van der Waals surface area contributed by atoms with Gasteiger partial charge in [-0.1, -0.05) is 6.92 Å². The van der Waals surface area contributed by atoms with Crippen molar-refractivity contribution in [3.05, 3.63) is 28.2 Å². The van der Waals surface area contributed by atoms with Gasteiger partial charge in [-0.15, -0.1) is 12.4 Å². The van der Waals surface area contributed by atoms with E-state index >= 15 is 0 Å². The van der Waals surface area contributed by atoms with Crippen LogP contribution in [-0.2, 0) is 6.42 Å². The summed E-state index contributed by atoms with van der Waals surface area (Å²) in [7, 11) is 0. The fourth-order valence-electron chi connectivity index (χ4n) is 1.45. The molecule has 0 amide bonds. The van der Waals surface area contributed by atoms with Gasteiger partial charge in [0.05, 0.1) is 6.20 Å². The molecule has 9 heteroatoms. The molecule has 0 aliphatic rings. The number of nitrogens with one attached hydrogen (secondary N) is 1. The highest BCUT2D eigenvalue weighted by molar-refractivity contribution is 5.85. The first-order valence-electron chi connectivity index (χ1n) is 4.66. The smallest absolute Gasteiger partial charge is 0.276 e. The lowest BCUT2D eigenvalue weighted by atomic mass is 10.3. The molecule has 0 spiro atoms. The van der Waals surface area contributed by atoms with E-state index in [0.29, 0.717) is 11.3 Å². The molecule has 8 nitrogen and oxygen atoms in total. The van der Waals surface area contributed by atoms with Gasteiger partial charge in [-0.3, -0.25) is 4.79 Å². The van der Waals surface area contributed by atoms with Crippen molar-refractivity contribution in [2.75, 3.05) is 0 Å². The molecule has 0 aromatic carbocycles. The molecule has 0 saturated carbocycles. The summed E-state index contributed by atoms with van der Waals surface area (Å²) in [4.78, 5) is 18.3. The van der Waals surface area contributed by atoms with Crippen molar-refractivity contribution >= 4 is 17.9 Å². The van der Waals surface area contributed by atoms with E-state index in [1.54, 1.807) is 17.6 Å². The van der Waals surface area contributed by atoms with Crippen LogP contribution in [0.1, 0.15) is 25.0 Å². The molecule has 2 rings (SSSR count). The molecule has 106 valence electrons. The monoisotopic (exact) mass is 282 g/mol. The Balaban J connectivity index is -0.000000562. The second kappa shape index (κ2) is 8.59. The van der Waals surface area contributed by atoms with Crippen LogP contribution in [0.4, 0.5) is 0 Å². The fraction of sp³-hybridized carbons (Fsp3) is 0.444. The molecule has 0 aliphatic carbocycles. The van der Waals surface area contributed by atoms with Crippen LogP contribution in [0.2, 0.25) is 0 Å². The molecule has 18 heavy (non-hydrogen) atoms. The Morgan fingerprint density at radius 3 is 2.50 bits per heavy atom. The van der Waals surface area contributed by atoms with E-state index in [-0.39, 0.29) is 34.4 Å². The van der Waals surface area contributed by atoms with Crippen LogP contribution in [-0.4, -0.2) is 36.0 Å². The second-order valence-corrected chi connectivity index (χ2v) is 3.26. The summed E-state index contributed by atoms with van der Waals surface area (Å²) in [6.07, 6.45) is 3.40. The lowest BCUT2D eigenvalue weighted by molar-refractivity contribution is 0.746. The number of halogens is 1. The van der Waals surface area contributed by atoms with E-state index in [1.807, 2.05) is 0 Å². The van der Waals surface area contributed by atoms with Crippen molar-refractivity contribution in [3.8, 4) is 0 Å². The average molecular weight is 283 g/mol. The summed E-state index contributed by atoms with van der Waals surface area (Å²) in [5.41, 5.74) is 0.381. The molecule has 0 saturated heterocycles. The first kappa shape index (κ1) is 21.8. The zero-order chi connectivity index (χ0) is 10.1. The molecule has 0 radical (unpaired) electrons. The maximum Gasteiger partial charge on any atom is 0.276 e. The van der Waals surface area contributed by atoms with Gasteiger partial charge >= 0.3 is 0 Å². The number of aromatic amines is 1. The van der Waals surface area contributed by atoms with E-state index in [2.05, 4.69) is 22.0 Å². The van der Waals surface area contributed by atoms with Crippen molar-refractivity contribution < 1.29 is 16.4 Å². The molecular weight excluding hydrogens is 264 g/mol. The molecule has 7 N–H and O–H groups in total. The van der Waals surface area contributed by atoms with Gasteiger partial charge in [0.1, 0.15) is 11.6 Å². The topological polar surface area (TPSA) is 158 Å². The molecule has 0 unspecified atom stereocenters. The number of aryl methyl sites for hydroxylation is 2. The number of fused-ring (bicyclic) bond motifs is 1. The zero-order valence-corrected chi connectivity index (χ0v) is 11.0. The summed E-state index contributed by atoms with van der Waals surface area (Å²) >= 11 is 0. The SMILES string of the molecule is CCCc1ncc2c(=O)[nH]c(C)nn12.Cl.O.O.O. The van der Waals surface area contributed by atoms with Crippen molar-refractivity contribution in [1.82, 2.24) is 19.6 Å².